The topological polar surface area (TPSA) is 51.8 Å². The summed E-state index contributed by atoms with van der Waals surface area (Å²) in [5.74, 6) is 1.85. The second kappa shape index (κ2) is 16.6. The monoisotopic (exact) mass is 863 g/mol. The smallest absolute Gasteiger partial charge is 0.164 e. The second-order valence-electron chi connectivity index (χ2n) is 16.3. The van der Waals surface area contributed by atoms with Crippen LogP contribution in [0.15, 0.2) is 273 Å². The van der Waals surface area contributed by atoms with Gasteiger partial charge in [-0.3, -0.25) is 0 Å². The predicted octanol–water partition coefficient (Wildman–Crippen LogP) is 16.6. The Morgan fingerprint density at radius 2 is 0.727 bits per heavy atom. The van der Waals surface area contributed by atoms with E-state index in [1.165, 1.54) is 19.6 Å². The van der Waals surface area contributed by atoms with E-state index in [0.717, 1.165) is 71.7 Å². The van der Waals surface area contributed by atoms with Crippen LogP contribution in [0.25, 0.3) is 89.1 Å². The second-order valence-corrected chi connectivity index (χ2v) is 19.4. The molecule has 12 rings (SSSR count). The molecular formula is C61H41N3OS. The predicted molar refractivity (Wildman–Crippen MR) is 272 cm³/mol. The summed E-state index contributed by atoms with van der Waals surface area (Å²) in [6.45, 7) is 0. The van der Waals surface area contributed by atoms with Crippen molar-refractivity contribution in [2.45, 2.75) is 19.6 Å². The number of fused-ring (bicyclic) bond motifs is 4. The van der Waals surface area contributed by atoms with Crippen molar-refractivity contribution in [1.82, 2.24) is 15.0 Å². The van der Waals surface area contributed by atoms with Gasteiger partial charge in [0.1, 0.15) is 11.2 Å². The molecular weight excluding hydrogens is 823 g/mol. The van der Waals surface area contributed by atoms with E-state index in [0.29, 0.717) is 17.5 Å². The van der Waals surface area contributed by atoms with Gasteiger partial charge in [0.15, 0.2) is 17.5 Å². The van der Waals surface area contributed by atoms with Crippen LogP contribution < -0.4 is 0 Å². The van der Waals surface area contributed by atoms with Crippen molar-refractivity contribution >= 4 is 42.7 Å². The molecule has 0 amide bonds. The minimum absolute atomic E-state index is 0.614. The summed E-state index contributed by atoms with van der Waals surface area (Å²) in [5.41, 5.74) is 9.01. The van der Waals surface area contributed by atoms with Gasteiger partial charge in [-0.2, -0.15) is 0 Å². The average molecular weight is 864 g/mol. The average Bonchev–Trinajstić information content (AvgIpc) is 3.79. The fourth-order valence-electron chi connectivity index (χ4n) is 9.43. The van der Waals surface area contributed by atoms with Gasteiger partial charge in [0.05, 0.1) is 0 Å². The van der Waals surface area contributed by atoms with Crippen molar-refractivity contribution in [3.63, 3.8) is 0 Å². The van der Waals surface area contributed by atoms with Crippen LogP contribution in [0.5, 0.6) is 0 Å². The number of rotatable bonds is 9. The molecule has 312 valence electrons. The number of hydrogen-bond acceptors (Lipinski definition) is 4. The highest BCUT2D eigenvalue weighted by atomic mass is 32.3. The molecule has 0 atom stereocenters. The molecule has 0 radical (unpaired) electrons. The van der Waals surface area contributed by atoms with Gasteiger partial charge in [0.25, 0.3) is 0 Å². The summed E-state index contributed by atoms with van der Waals surface area (Å²) < 4.78 is 6.56. The van der Waals surface area contributed by atoms with Crippen LogP contribution in [0.3, 0.4) is 0 Å². The van der Waals surface area contributed by atoms with Crippen molar-refractivity contribution < 1.29 is 4.42 Å². The van der Waals surface area contributed by atoms with Gasteiger partial charge < -0.3 is 4.42 Å². The molecule has 0 aliphatic heterocycles. The van der Waals surface area contributed by atoms with E-state index < -0.39 is 10.0 Å². The fraction of sp³-hybridized carbons (Fsp3) is 0. The van der Waals surface area contributed by atoms with E-state index in [1.807, 2.05) is 24.3 Å². The Morgan fingerprint density at radius 3 is 1.32 bits per heavy atom. The first-order chi connectivity index (χ1) is 32.7. The number of furan rings is 1. The summed E-state index contributed by atoms with van der Waals surface area (Å²) >= 11 is 0. The lowest BCUT2D eigenvalue weighted by atomic mass is 9.92. The lowest BCUT2D eigenvalue weighted by Gasteiger charge is -2.42. The van der Waals surface area contributed by atoms with Crippen molar-refractivity contribution in [3.05, 3.63) is 249 Å². The SMILES string of the molecule is c1ccc(-c2ccc3c(c2)oc2cccc(-c4ccc(-c5nc(-c6ccccc6)nc(-c6ccc(S(c7ccccc7)(c7ccccc7)c7ccccc7)cc6)n5)c5ccccc45)c23)cc1. The van der Waals surface area contributed by atoms with Gasteiger partial charge in [-0.25, -0.2) is 15.0 Å². The van der Waals surface area contributed by atoms with Gasteiger partial charge in [0.2, 0.25) is 0 Å². The lowest BCUT2D eigenvalue weighted by molar-refractivity contribution is 0.669. The minimum Gasteiger partial charge on any atom is -0.456 e. The maximum Gasteiger partial charge on any atom is 0.164 e. The Hall–Kier alpha value is -8.38. The maximum atomic E-state index is 6.56. The number of hydrogen-bond donors (Lipinski definition) is 0. The zero-order valence-electron chi connectivity index (χ0n) is 35.8. The van der Waals surface area contributed by atoms with E-state index in [9.17, 15) is 0 Å². The summed E-state index contributed by atoms with van der Waals surface area (Å²) in [7, 11) is -1.86. The molecule has 0 bridgehead atoms. The summed E-state index contributed by atoms with van der Waals surface area (Å²) in [6, 6.07) is 88.1. The first-order valence-corrected chi connectivity index (χ1v) is 23.8. The van der Waals surface area contributed by atoms with E-state index in [4.69, 9.17) is 19.4 Å². The molecule has 66 heavy (non-hydrogen) atoms. The van der Waals surface area contributed by atoms with Crippen molar-refractivity contribution in [1.29, 1.82) is 0 Å². The van der Waals surface area contributed by atoms with Crippen LogP contribution in [0.1, 0.15) is 0 Å². The van der Waals surface area contributed by atoms with Gasteiger partial charge in [-0.1, -0.05) is 176 Å². The molecule has 0 aliphatic carbocycles. The third-order valence-electron chi connectivity index (χ3n) is 12.5. The molecule has 0 spiro atoms. The van der Waals surface area contributed by atoms with Crippen molar-refractivity contribution in [2.75, 3.05) is 0 Å². The van der Waals surface area contributed by atoms with Crippen LogP contribution in [0.2, 0.25) is 0 Å². The van der Waals surface area contributed by atoms with Gasteiger partial charge in [-0.05, 0) is 106 Å². The molecule has 4 nitrogen and oxygen atoms in total. The summed E-state index contributed by atoms with van der Waals surface area (Å²) in [5, 5.41) is 4.34. The normalized spacial score (nSPS) is 11.9. The van der Waals surface area contributed by atoms with Crippen LogP contribution in [-0.2, 0) is 0 Å². The Labute approximate surface area is 384 Å². The minimum atomic E-state index is -1.86. The number of aromatic nitrogens is 3. The Bertz CT molecular complexity index is 3580. The highest BCUT2D eigenvalue weighted by molar-refractivity contribution is 8.34. The molecule has 0 saturated heterocycles. The highest BCUT2D eigenvalue weighted by Gasteiger charge is 2.33. The van der Waals surface area contributed by atoms with Crippen LogP contribution in [0.4, 0.5) is 0 Å². The standard InChI is InChI=1S/C61H41N3OS/c1-6-19-42(20-7-1)45-35-38-55-57(41-45)65-56-32-18-31-53(58(55)56)52-39-40-54(51-30-17-16-29-50(51)52)61-63-59(43-21-8-2-9-22-43)62-60(64-61)44-33-36-49(37-34-44)66(46-23-10-3-11-24-46,47-25-12-4-13-26-47)48-27-14-5-15-28-48/h1-41H. The lowest BCUT2D eigenvalue weighted by Crippen LogP contribution is -2.05. The number of nitrogens with zero attached hydrogens (tertiary/aromatic N) is 3. The number of benzene rings is 10. The summed E-state index contributed by atoms with van der Waals surface area (Å²) in [4.78, 5) is 20.7. The Kier molecular flexibility index (Phi) is 9.89. The molecule has 2 heterocycles. The van der Waals surface area contributed by atoms with Crippen LogP contribution in [-0.4, -0.2) is 15.0 Å². The van der Waals surface area contributed by atoms with Gasteiger partial charge in [-0.15, -0.1) is 10.0 Å². The van der Waals surface area contributed by atoms with Crippen molar-refractivity contribution in [2.24, 2.45) is 0 Å². The molecule has 12 aromatic rings. The first-order valence-electron chi connectivity index (χ1n) is 22.2. The van der Waals surface area contributed by atoms with Crippen molar-refractivity contribution in [3.8, 4) is 56.4 Å². The molecule has 0 unspecified atom stereocenters. The molecule has 2 aromatic heterocycles. The van der Waals surface area contributed by atoms with E-state index >= 15 is 0 Å². The van der Waals surface area contributed by atoms with E-state index in [1.54, 1.807) is 0 Å². The van der Waals surface area contributed by atoms with Crippen LogP contribution in [0, 0.1) is 0 Å². The quantitative estimate of drug-likeness (QED) is 0.145. The first kappa shape index (κ1) is 39.2. The third kappa shape index (κ3) is 6.76. The zero-order valence-corrected chi connectivity index (χ0v) is 36.6. The molecule has 10 aromatic carbocycles. The molecule has 0 fully saturated rings. The largest absolute Gasteiger partial charge is 0.456 e. The highest BCUT2D eigenvalue weighted by Crippen LogP contribution is 2.73. The Balaban J connectivity index is 1.00. The van der Waals surface area contributed by atoms with E-state index in [2.05, 4.69) is 224 Å². The molecule has 5 heteroatoms. The maximum absolute atomic E-state index is 6.56. The molecule has 0 aliphatic rings. The van der Waals surface area contributed by atoms with Gasteiger partial charge in [0, 0.05) is 47.0 Å². The molecule has 0 N–H and O–H groups in total. The summed E-state index contributed by atoms with van der Waals surface area (Å²) in [6.07, 6.45) is 0. The Morgan fingerprint density at radius 1 is 0.273 bits per heavy atom. The van der Waals surface area contributed by atoms with Gasteiger partial charge >= 0.3 is 0 Å². The van der Waals surface area contributed by atoms with E-state index in [-0.39, 0.29) is 0 Å². The molecule has 0 saturated carbocycles. The zero-order chi connectivity index (χ0) is 43.9. The van der Waals surface area contributed by atoms with Crippen LogP contribution >= 0.6 is 10.0 Å². The fourth-order valence-corrected chi connectivity index (χ4v) is 13.3. The third-order valence-corrected chi connectivity index (χ3v) is 16.4.